The molecule has 0 aromatic heterocycles. The molecule has 0 bridgehead atoms. The van der Waals surface area contributed by atoms with E-state index in [2.05, 4.69) is 16.9 Å². The lowest BCUT2D eigenvalue weighted by Gasteiger charge is -1.90. The predicted molar refractivity (Wildman–Crippen MR) is 55.6 cm³/mol. The van der Waals surface area contributed by atoms with E-state index in [0.29, 0.717) is 0 Å². The smallest absolute Gasteiger partial charge is 0.0311 e. The van der Waals surface area contributed by atoms with E-state index in [9.17, 15) is 0 Å². The van der Waals surface area contributed by atoms with Crippen molar-refractivity contribution in [1.29, 1.82) is 0 Å². The summed E-state index contributed by atoms with van der Waals surface area (Å²) in [5, 5.41) is 3.19. The van der Waals surface area contributed by atoms with Crippen LogP contribution in [0.25, 0.3) is 0 Å². The van der Waals surface area contributed by atoms with Crippen LogP contribution in [-0.4, -0.2) is 19.3 Å². The monoisotopic (exact) mass is 166 g/mol. The Morgan fingerprint density at radius 3 is 2.50 bits per heavy atom. The Bertz CT molecular complexity index is 190. The van der Waals surface area contributed by atoms with Crippen LogP contribution in [0, 0.1) is 0 Å². The van der Waals surface area contributed by atoms with Gasteiger partial charge in [-0.2, -0.15) is 0 Å². The molecule has 68 valence electrons. The Morgan fingerprint density at radius 2 is 2.08 bits per heavy atom. The van der Waals surface area contributed by atoms with E-state index >= 15 is 0 Å². The molecule has 2 heteroatoms. The summed E-state index contributed by atoms with van der Waals surface area (Å²) in [4.78, 5) is 4.02. The Kier molecular flexibility index (Phi) is 6.29. The first-order valence-electron chi connectivity index (χ1n) is 4.40. The van der Waals surface area contributed by atoms with Crippen molar-refractivity contribution >= 4 is 6.21 Å². The fourth-order valence-electron chi connectivity index (χ4n) is 0.888. The van der Waals surface area contributed by atoms with E-state index in [-0.39, 0.29) is 0 Å². The molecule has 0 radical (unpaired) electrons. The molecule has 0 aromatic rings. The van der Waals surface area contributed by atoms with Gasteiger partial charge < -0.3 is 5.32 Å². The molecule has 0 unspecified atom stereocenters. The summed E-state index contributed by atoms with van der Waals surface area (Å²) >= 11 is 0. The molecule has 1 aliphatic rings. The zero-order valence-electron chi connectivity index (χ0n) is 8.22. The quantitative estimate of drug-likeness (QED) is 0.593. The number of nitrogens with zero attached hydrogens (tertiary/aromatic N) is 1. The highest BCUT2D eigenvalue weighted by Gasteiger charge is 2.08. The zero-order valence-corrected chi connectivity index (χ0v) is 8.22. The average molecular weight is 166 g/mol. The summed E-state index contributed by atoms with van der Waals surface area (Å²) < 4.78 is 0. The van der Waals surface area contributed by atoms with E-state index in [1.54, 1.807) is 6.21 Å². The Labute approximate surface area is 75.1 Å². The molecule has 0 aromatic carbocycles. The molecule has 1 heterocycles. The number of rotatable bonds is 1. The van der Waals surface area contributed by atoms with Crippen molar-refractivity contribution in [2.24, 2.45) is 4.99 Å². The molecule has 1 rings (SSSR count). The van der Waals surface area contributed by atoms with Crippen LogP contribution in [0.3, 0.4) is 0 Å². The minimum Gasteiger partial charge on any atom is -0.309 e. The molecule has 1 fully saturated rings. The van der Waals surface area contributed by atoms with E-state index < -0.39 is 0 Å². The van der Waals surface area contributed by atoms with Gasteiger partial charge in [-0.25, -0.2) is 0 Å². The highest BCUT2D eigenvalue weighted by atomic mass is 14.9. The lowest BCUT2D eigenvalue weighted by Crippen LogP contribution is -2.04. The Morgan fingerprint density at radius 1 is 1.42 bits per heavy atom. The first-order chi connectivity index (χ1) is 5.84. The Balaban J connectivity index is 0.000000561. The van der Waals surface area contributed by atoms with Crippen LogP contribution in [0.15, 0.2) is 28.9 Å². The van der Waals surface area contributed by atoms with Crippen LogP contribution in [0.4, 0.5) is 0 Å². The number of aliphatic imine (C=N–C) groups is 1. The van der Waals surface area contributed by atoms with E-state index in [0.717, 1.165) is 18.7 Å². The highest BCUT2D eigenvalue weighted by molar-refractivity contribution is 5.55. The molecule has 0 spiro atoms. The van der Waals surface area contributed by atoms with Gasteiger partial charge >= 0.3 is 0 Å². The second-order valence-electron chi connectivity index (χ2n) is 2.27. The predicted octanol–water partition coefficient (Wildman–Crippen LogP) is 2.15. The molecule has 1 saturated heterocycles. The lowest BCUT2D eigenvalue weighted by atomic mass is 10.2. The lowest BCUT2D eigenvalue weighted by molar-refractivity contribution is 0.895. The summed E-state index contributed by atoms with van der Waals surface area (Å²) in [6.45, 7) is 11.6. The van der Waals surface area contributed by atoms with Crippen LogP contribution < -0.4 is 5.32 Å². The van der Waals surface area contributed by atoms with Crippen molar-refractivity contribution in [2.75, 3.05) is 13.1 Å². The normalized spacial score (nSPS) is 19.9. The minimum atomic E-state index is 0.908. The Hall–Kier alpha value is -0.890. The van der Waals surface area contributed by atoms with Crippen molar-refractivity contribution in [3.05, 3.63) is 23.9 Å². The van der Waals surface area contributed by atoms with Gasteiger partial charge in [0.1, 0.15) is 0 Å². The maximum Gasteiger partial charge on any atom is 0.0311 e. The minimum absolute atomic E-state index is 0.908. The van der Waals surface area contributed by atoms with Crippen LogP contribution in [0.1, 0.15) is 20.8 Å². The van der Waals surface area contributed by atoms with Crippen molar-refractivity contribution in [2.45, 2.75) is 20.8 Å². The van der Waals surface area contributed by atoms with Crippen molar-refractivity contribution in [3.63, 3.8) is 0 Å². The number of hydrogen-bond donors (Lipinski definition) is 1. The average Bonchev–Trinajstić information content (AvgIpc) is 2.51. The number of hydrogen-bond acceptors (Lipinski definition) is 2. The van der Waals surface area contributed by atoms with Gasteiger partial charge in [0.2, 0.25) is 0 Å². The maximum atomic E-state index is 4.02. The van der Waals surface area contributed by atoms with Gasteiger partial charge in [0, 0.05) is 25.5 Å². The molecule has 0 amide bonds. The van der Waals surface area contributed by atoms with Gasteiger partial charge in [-0.1, -0.05) is 20.4 Å². The van der Waals surface area contributed by atoms with Gasteiger partial charge in [-0.15, -0.1) is 0 Å². The van der Waals surface area contributed by atoms with Crippen LogP contribution in [0.2, 0.25) is 0 Å². The van der Waals surface area contributed by atoms with Gasteiger partial charge in [-0.3, -0.25) is 4.99 Å². The second kappa shape index (κ2) is 6.80. The summed E-state index contributed by atoms with van der Waals surface area (Å²) in [6, 6.07) is 0. The van der Waals surface area contributed by atoms with Gasteiger partial charge in [-0.05, 0) is 18.1 Å². The SMILES string of the molecule is C=C1CNC/C1=C/N=CC.CC. The molecule has 1 aliphatic heterocycles. The van der Waals surface area contributed by atoms with E-state index in [4.69, 9.17) is 0 Å². The molecular weight excluding hydrogens is 148 g/mol. The van der Waals surface area contributed by atoms with Crippen molar-refractivity contribution in [3.8, 4) is 0 Å². The third-order valence-electron chi connectivity index (χ3n) is 1.49. The van der Waals surface area contributed by atoms with Gasteiger partial charge in [0.05, 0.1) is 0 Å². The third kappa shape index (κ3) is 3.49. The van der Waals surface area contributed by atoms with Crippen LogP contribution in [0.5, 0.6) is 0 Å². The van der Waals surface area contributed by atoms with Gasteiger partial charge in [0.15, 0.2) is 0 Å². The molecular formula is C10H18N2. The molecule has 0 saturated carbocycles. The first kappa shape index (κ1) is 11.1. The largest absolute Gasteiger partial charge is 0.309 e. The molecule has 12 heavy (non-hydrogen) atoms. The number of nitrogens with one attached hydrogen (secondary N) is 1. The second-order valence-corrected chi connectivity index (χ2v) is 2.27. The van der Waals surface area contributed by atoms with Gasteiger partial charge in [0.25, 0.3) is 0 Å². The third-order valence-corrected chi connectivity index (χ3v) is 1.49. The standard InChI is InChI=1S/C8H12N2.C2H6/c1-3-9-5-8-6-10-4-7(8)2;1-2/h3,5,10H,2,4,6H2,1H3;1-2H3/b8-5-,9-3?;. The summed E-state index contributed by atoms with van der Waals surface area (Å²) in [5.74, 6) is 0. The maximum absolute atomic E-state index is 4.02. The molecule has 0 atom stereocenters. The van der Waals surface area contributed by atoms with Crippen molar-refractivity contribution in [1.82, 2.24) is 5.32 Å². The molecule has 1 N–H and O–H groups in total. The fourth-order valence-corrected chi connectivity index (χ4v) is 0.888. The highest BCUT2D eigenvalue weighted by Crippen LogP contribution is 2.10. The van der Waals surface area contributed by atoms with Crippen LogP contribution in [-0.2, 0) is 0 Å². The summed E-state index contributed by atoms with van der Waals surface area (Å²) in [7, 11) is 0. The van der Waals surface area contributed by atoms with Crippen LogP contribution >= 0.6 is 0 Å². The summed E-state index contributed by atoms with van der Waals surface area (Å²) in [6.07, 6.45) is 3.64. The van der Waals surface area contributed by atoms with Crippen molar-refractivity contribution < 1.29 is 0 Å². The zero-order chi connectivity index (χ0) is 9.40. The first-order valence-corrected chi connectivity index (χ1v) is 4.40. The fraction of sp³-hybridized carbons (Fsp3) is 0.500. The molecule has 2 nitrogen and oxygen atoms in total. The summed E-state index contributed by atoms with van der Waals surface area (Å²) in [5.41, 5.74) is 2.38. The van der Waals surface area contributed by atoms with E-state index in [1.165, 1.54) is 5.57 Å². The van der Waals surface area contributed by atoms with E-state index in [1.807, 2.05) is 27.0 Å². The molecule has 0 aliphatic carbocycles. The topological polar surface area (TPSA) is 24.4 Å².